The molecule has 1 amide bonds. The molecule has 2 unspecified atom stereocenters. The fourth-order valence-electron chi connectivity index (χ4n) is 3.02. The number of hydrogen-bond donors (Lipinski definition) is 2. The number of primary amides is 1. The first-order valence-corrected chi connectivity index (χ1v) is 7.26. The number of nitrogens with two attached hydrogens (primary N) is 1. The maximum absolute atomic E-state index is 11.2. The van der Waals surface area contributed by atoms with Crippen LogP contribution in [0.25, 0.3) is 0 Å². The summed E-state index contributed by atoms with van der Waals surface area (Å²) in [5.41, 5.74) is 8.08. The van der Waals surface area contributed by atoms with Crippen molar-refractivity contribution in [1.82, 2.24) is 4.90 Å². The highest BCUT2D eigenvalue weighted by atomic mass is 16.3. The number of carbonyl (C=O) groups excluding carboxylic acids is 1. The number of aliphatic hydroxyl groups excluding tert-OH is 1. The van der Waals surface area contributed by atoms with Gasteiger partial charge in [0, 0.05) is 18.2 Å². The van der Waals surface area contributed by atoms with Crippen LogP contribution in [-0.4, -0.2) is 35.1 Å². The van der Waals surface area contributed by atoms with Crippen LogP contribution in [-0.2, 0) is 6.54 Å². The van der Waals surface area contributed by atoms with Gasteiger partial charge in [-0.15, -0.1) is 0 Å². The summed E-state index contributed by atoms with van der Waals surface area (Å²) in [6.45, 7) is 2.78. The van der Waals surface area contributed by atoms with Gasteiger partial charge in [-0.05, 0) is 50.1 Å². The van der Waals surface area contributed by atoms with Gasteiger partial charge in [0.05, 0.1) is 6.10 Å². The van der Waals surface area contributed by atoms with E-state index in [9.17, 15) is 9.90 Å². The molecule has 4 nitrogen and oxygen atoms in total. The first kappa shape index (κ1) is 15.0. The minimum absolute atomic E-state index is 0.223. The molecule has 1 aliphatic rings. The average Bonchev–Trinajstić information content (AvgIpc) is 2.41. The molecule has 1 aliphatic carbocycles. The second kappa shape index (κ2) is 6.37. The molecule has 0 aromatic heterocycles. The van der Waals surface area contributed by atoms with Crippen molar-refractivity contribution in [3.05, 3.63) is 34.9 Å². The van der Waals surface area contributed by atoms with Gasteiger partial charge in [0.25, 0.3) is 0 Å². The van der Waals surface area contributed by atoms with E-state index in [0.29, 0.717) is 5.56 Å². The number of carbonyl (C=O) groups is 1. The SMILES string of the molecule is Cc1cc(C(N)=O)ccc1CN(C)C1CCCCC1O. The molecule has 110 valence electrons. The second-order valence-electron chi connectivity index (χ2n) is 5.84. The molecule has 0 radical (unpaired) electrons. The summed E-state index contributed by atoms with van der Waals surface area (Å²) in [6, 6.07) is 5.80. The van der Waals surface area contributed by atoms with Gasteiger partial charge < -0.3 is 10.8 Å². The van der Waals surface area contributed by atoms with Crippen LogP contribution in [0.15, 0.2) is 18.2 Å². The highest BCUT2D eigenvalue weighted by Gasteiger charge is 2.26. The van der Waals surface area contributed by atoms with E-state index in [4.69, 9.17) is 5.73 Å². The zero-order valence-electron chi connectivity index (χ0n) is 12.3. The first-order chi connectivity index (χ1) is 9.49. The van der Waals surface area contributed by atoms with Crippen molar-refractivity contribution in [3.8, 4) is 0 Å². The zero-order chi connectivity index (χ0) is 14.7. The quantitative estimate of drug-likeness (QED) is 0.881. The molecule has 2 rings (SSSR count). The van der Waals surface area contributed by atoms with Gasteiger partial charge in [-0.1, -0.05) is 18.9 Å². The maximum atomic E-state index is 11.2. The Kier molecular flexibility index (Phi) is 4.78. The van der Waals surface area contributed by atoms with E-state index in [-0.39, 0.29) is 12.1 Å². The topological polar surface area (TPSA) is 66.6 Å². The maximum Gasteiger partial charge on any atom is 0.248 e. The molecular weight excluding hydrogens is 252 g/mol. The number of nitrogens with zero attached hydrogens (tertiary/aromatic N) is 1. The van der Waals surface area contributed by atoms with E-state index in [1.54, 1.807) is 6.07 Å². The van der Waals surface area contributed by atoms with Gasteiger partial charge in [-0.25, -0.2) is 0 Å². The van der Waals surface area contributed by atoms with Crippen LogP contribution < -0.4 is 5.73 Å². The average molecular weight is 276 g/mol. The summed E-state index contributed by atoms with van der Waals surface area (Å²) in [7, 11) is 2.06. The lowest BCUT2D eigenvalue weighted by Gasteiger charge is -2.35. The van der Waals surface area contributed by atoms with Crippen molar-refractivity contribution in [2.24, 2.45) is 5.73 Å². The van der Waals surface area contributed by atoms with Crippen LogP contribution in [0, 0.1) is 6.92 Å². The number of aliphatic hydroxyl groups is 1. The van der Waals surface area contributed by atoms with Crippen LogP contribution in [0.1, 0.15) is 47.2 Å². The van der Waals surface area contributed by atoms with Gasteiger partial charge in [0.2, 0.25) is 5.91 Å². The summed E-state index contributed by atoms with van der Waals surface area (Å²) >= 11 is 0. The fourth-order valence-corrected chi connectivity index (χ4v) is 3.02. The summed E-state index contributed by atoms with van der Waals surface area (Å²) in [6.07, 6.45) is 4.03. The molecule has 1 saturated carbocycles. The Hall–Kier alpha value is -1.39. The Balaban J connectivity index is 2.07. The highest BCUT2D eigenvalue weighted by molar-refractivity contribution is 5.93. The van der Waals surface area contributed by atoms with Crippen LogP contribution >= 0.6 is 0 Å². The molecule has 0 bridgehead atoms. The van der Waals surface area contributed by atoms with Crippen molar-refractivity contribution in [2.75, 3.05) is 7.05 Å². The van der Waals surface area contributed by atoms with E-state index in [1.165, 1.54) is 12.0 Å². The summed E-state index contributed by atoms with van der Waals surface area (Å²) in [5.74, 6) is -0.393. The smallest absolute Gasteiger partial charge is 0.248 e. The van der Waals surface area contributed by atoms with Crippen molar-refractivity contribution in [3.63, 3.8) is 0 Å². The normalized spacial score (nSPS) is 23.0. The number of aryl methyl sites for hydroxylation is 1. The van der Waals surface area contributed by atoms with E-state index in [1.807, 2.05) is 19.1 Å². The lowest BCUT2D eigenvalue weighted by Crippen LogP contribution is -2.42. The largest absolute Gasteiger partial charge is 0.391 e. The molecule has 0 aliphatic heterocycles. The lowest BCUT2D eigenvalue weighted by atomic mass is 9.91. The number of amides is 1. The van der Waals surface area contributed by atoms with Gasteiger partial charge in [-0.3, -0.25) is 9.69 Å². The second-order valence-corrected chi connectivity index (χ2v) is 5.84. The molecule has 4 heteroatoms. The molecule has 0 spiro atoms. The Morgan fingerprint density at radius 2 is 2.10 bits per heavy atom. The van der Waals surface area contributed by atoms with E-state index >= 15 is 0 Å². The number of likely N-dealkylation sites (N-methyl/N-ethyl adjacent to an activating group) is 1. The van der Waals surface area contributed by atoms with Gasteiger partial charge in [0.15, 0.2) is 0 Å². The minimum atomic E-state index is -0.393. The van der Waals surface area contributed by atoms with Crippen LogP contribution in [0.3, 0.4) is 0 Å². The molecule has 1 fully saturated rings. The Bertz CT molecular complexity index is 487. The fraction of sp³-hybridized carbons (Fsp3) is 0.562. The van der Waals surface area contributed by atoms with Crippen molar-refractivity contribution in [1.29, 1.82) is 0 Å². The standard InChI is InChI=1S/C16H24N2O2/c1-11-9-12(16(17)20)7-8-13(11)10-18(2)14-5-3-4-6-15(14)19/h7-9,14-15,19H,3-6,10H2,1-2H3,(H2,17,20). The van der Waals surface area contributed by atoms with Crippen molar-refractivity contribution in [2.45, 2.75) is 51.3 Å². The predicted molar refractivity (Wildman–Crippen MR) is 79.4 cm³/mol. The number of rotatable bonds is 4. The van der Waals surface area contributed by atoms with Gasteiger partial charge in [0.1, 0.15) is 0 Å². The molecule has 3 N–H and O–H groups in total. The third kappa shape index (κ3) is 3.38. The van der Waals surface area contributed by atoms with Gasteiger partial charge >= 0.3 is 0 Å². The predicted octanol–water partition coefficient (Wildman–Crippen LogP) is 1.83. The summed E-state index contributed by atoms with van der Waals surface area (Å²) in [4.78, 5) is 13.4. The molecule has 0 saturated heterocycles. The monoisotopic (exact) mass is 276 g/mol. The van der Waals surface area contributed by atoms with E-state index in [2.05, 4.69) is 11.9 Å². The minimum Gasteiger partial charge on any atom is -0.391 e. The van der Waals surface area contributed by atoms with E-state index < -0.39 is 5.91 Å². The third-order valence-corrected chi connectivity index (χ3v) is 4.31. The zero-order valence-corrected chi connectivity index (χ0v) is 12.3. The van der Waals surface area contributed by atoms with Crippen LogP contribution in [0.5, 0.6) is 0 Å². The molecule has 2 atom stereocenters. The van der Waals surface area contributed by atoms with Crippen LogP contribution in [0.4, 0.5) is 0 Å². The van der Waals surface area contributed by atoms with E-state index in [0.717, 1.165) is 31.4 Å². The van der Waals surface area contributed by atoms with Crippen LogP contribution in [0.2, 0.25) is 0 Å². The van der Waals surface area contributed by atoms with Crippen molar-refractivity contribution < 1.29 is 9.90 Å². The van der Waals surface area contributed by atoms with Crippen molar-refractivity contribution >= 4 is 5.91 Å². The summed E-state index contributed by atoms with van der Waals surface area (Å²) < 4.78 is 0. The third-order valence-electron chi connectivity index (χ3n) is 4.31. The number of hydrogen-bond acceptors (Lipinski definition) is 3. The van der Waals surface area contributed by atoms with Gasteiger partial charge in [-0.2, -0.15) is 0 Å². The first-order valence-electron chi connectivity index (χ1n) is 7.26. The molecular formula is C16H24N2O2. The molecule has 20 heavy (non-hydrogen) atoms. The number of benzene rings is 1. The molecule has 1 aromatic carbocycles. The Morgan fingerprint density at radius 3 is 2.70 bits per heavy atom. The highest BCUT2D eigenvalue weighted by Crippen LogP contribution is 2.24. The Labute approximate surface area is 120 Å². The summed E-state index contributed by atoms with van der Waals surface area (Å²) in [5, 5.41) is 10.1. The molecule has 0 heterocycles. The lowest BCUT2D eigenvalue weighted by molar-refractivity contribution is 0.0287. The Morgan fingerprint density at radius 1 is 1.40 bits per heavy atom. The molecule has 1 aromatic rings.